The predicted molar refractivity (Wildman–Crippen MR) is 122 cm³/mol. The maximum atomic E-state index is 13.0. The molecule has 1 aliphatic heterocycles. The Morgan fingerprint density at radius 2 is 1.90 bits per heavy atom. The zero-order valence-corrected chi connectivity index (χ0v) is 19.4. The number of halogens is 2. The molecule has 1 amide bonds. The summed E-state index contributed by atoms with van der Waals surface area (Å²) in [5.41, 5.74) is 0. The Hall–Kier alpha value is -1.62. The van der Waals surface area contributed by atoms with Crippen LogP contribution in [0, 0.1) is 5.82 Å². The van der Waals surface area contributed by atoms with Crippen LogP contribution in [-0.4, -0.2) is 80.1 Å². The van der Waals surface area contributed by atoms with Gasteiger partial charge in [0, 0.05) is 39.3 Å². The van der Waals surface area contributed by atoms with Crippen LogP contribution < -0.4 is 15.4 Å². The summed E-state index contributed by atoms with van der Waals surface area (Å²) in [6, 6.07) is 6.44. The summed E-state index contributed by atoms with van der Waals surface area (Å²) in [6.45, 7) is 6.33. The number of nitrogens with zero attached hydrogens (tertiary/aromatic N) is 3. The molecule has 0 aromatic heterocycles. The van der Waals surface area contributed by atoms with E-state index in [0.29, 0.717) is 24.9 Å². The van der Waals surface area contributed by atoms with Gasteiger partial charge in [0.1, 0.15) is 17.7 Å². The van der Waals surface area contributed by atoms with Gasteiger partial charge < -0.3 is 20.3 Å². The third kappa shape index (κ3) is 7.96. The second-order valence-electron chi connectivity index (χ2n) is 7.42. The maximum absolute atomic E-state index is 13.0. The number of piperazine rings is 1. The first-order valence-electron chi connectivity index (χ1n) is 9.93. The summed E-state index contributed by atoms with van der Waals surface area (Å²) in [6.07, 6.45) is 2.14. The summed E-state index contributed by atoms with van der Waals surface area (Å²) in [5.74, 6) is 1.33. The van der Waals surface area contributed by atoms with Gasteiger partial charge in [-0.25, -0.2) is 4.39 Å². The maximum Gasteiger partial charge on any atom is 0.234 e. The molecule has 1 aliphatic carbocycles. The number of rotatable bonds is 7. The zero-order valence-electron chi connectivity index (χ0n) is 17.1. The van der Waals surface area contributed by atoms with Crippen LogP contribution in [0.3, 0.4) is 0 Å². The number of amides is 1. The highest BCUT2D eigenvalue weighted by Crippen LogP contribution is 2.18. The van der Waals surface area contributed by atoms with Crippen molar-refractivity contribution in [3.05, 3.63) is 30.1 Å². The van der Waals surface area contributed by atoms with Crippen LogP contribution in [0.25, 0.3) is 0 Å². The number of carbonyl (C=O) groups is 1. The summed E-state index contributed by atoms with van der Waals surface area (Å²) in [5, 5.41) is 6.38. The summed E-state index contributed by atoms with van der Waals surface area (Å²) in [4.78, 5) is 20.7. The van der Waals surface area contributed by atoms with Crippen molar-refractivity contribution in [2.24, 2.45) is 4.99 Å². The van der Waals surface area contributed by atoms with Gasteiger partial charge in [0.25, 0.3) is 0 Å². The average molecular weight is 519 g/mol. The van der Waals surface area contributed by atoms with Gasteiger partial charge in [-0.3, -0.25) is 14.7 Å². The van der Waals surface area contributed by atoms with Crippen LogP contribution in [0.15, 0.2) is 29.3 Å². The topological polar surface area (TPSA) is 69.2 Å². The van der Waals surface area contributed by atoms with Gasteiger partial charge in [0.15, 0.2) is 5.96 Å². The fraction of sp³-hybridized carbons (Fsp3) is 0.600. The fourth-order valence-electron chi connectivity index (χ4n) is 3.18. The van der Waals surface area contributed by atoms with E-state index >= 15 is 0 Å². The Kier molecular flexibility index (Phi) is 9.41. The number of aliphatic imine (C=N–C) groups is 1. The third-order valence-electron chi connectivity index (χ3n) is 4.89. The van der Waals surface area contributed by atoms with Crippen molar-refractivity contribution in [1.82, 2.24) is 20.4 Å². The number of benzene rings is 1. The Morgan fingerprint density at radius 3 is 2.48 bits per heavy atom. The molecule has 2 fully saturated rings. The van der Waals surface area contributed by atoms with Crippen molar-refractivity contribution < 1.29 is 13.9 Å². The zero-order chi connectivity index (χ0) is 19.9. The molecule has 1 saturated heterocycles. The quantitative estimate of drug-likeness (QED) is 0.326. The molecule has 0 spiro atoms. The van der Waals surface area contributed by atoms with E-state index in [0.717, 1.165) is 45.0 Å². The normalized spacial score (nSPS) is 18.6. The average Bonchev–Trinajstić information content (AvgIpc) is 3.49. The van der Waals surface area contributed by atoms with Crippen molar-refractivity contribution in [2.75, 3.05) is 46.3 Å². The molecule has 29 heavy (non-hydrogen) atoms. The van der Waals surface area contributed by atoms with Crippen LogP contribution >= 0.6 is 24.0 Å². The van der Waals surface area contributed by atoms with Crippen LogP contribution in [-0.2, 0) is 4.79 Å². The van der Waals surface area contributed by atoms with Crippen molar-refractivity contribution in [1.29, 1.82) is 0 Å². The number of hydrogen-bond donors (Lipinski definition) is 2. The van der Waals surface area contributed by atoms with Crippen molar-refractivity contribution in [3.8, 4) is 5.75 Å². The molecule has 162 valence electrons. The molecule has 3 rings (SSSR count). The minimum atomic E-state index is -0.275. The summed E-state index contributed by atoms with van der Waals surface area (Å²) < 4.78 is 18.8. The lowest BCUT2D eigenvalue weighted by Gasteiger charge is -2.36. The Bertz CT molecular complexity index is 676. The number of carbonyl (C=O) groups excluding carboxylic acids is 1. The Balaban J connectivity index is 0.00000300. The van der Waals surface area contributed by atoms with Gasteiger partial charge in [0.2, 0.25) is 5.91 Å². The smallest absolute Gasteiger partial charge is 0.234 e. The summed E-state index contributed by atoms with van der Waals surface area (Å²) >= 11 is 0. The van der Waals surface area contributed by atoms with E-state index in [-0.39, 0.29) is 41.8 Å². The number of nitrogens with one attached hydrogen (secondary N) is 2. The predicted octanol–water partition coefficient (Wildman–Crippen LogP) is 1.68. The van der Waals surface area contributed by atoms with Crippen LogP contribution in [0.4, 0.5) is 4.39 Å². The first-order chi connectivity index (χ1) is 13.5. The van der Waals surface area contributed by atoms with E-state index in [2.05, 4.69) is 25.4 Å². The lowest BCUT2D eigenvalue weighted by atomic mass is 10.3. The van der Waals surface area contributed by atoms with Gasteiger partial charge in [-0.05, 0) is 44.0 Å². The first-order valence-corrected chi connectivity index (χ1v) is 9.93. The minimum Gasteiger partial charge on any atom is -0.489 e. The molecule has 1 unspecified atom stereocenters. The van der Waals surface area contributed by atoms with Gasteiger partial charge >= 0.3 is 0 Å². The minimum absolute atomic E-state index is 0. The SMILES string of the molecule is CN=C(NCC(C)Oc1ccc(F)cc1)N1CCN(CC(=O)NC2CC2)CC1.I. The highest BCUT2D eigenvalue weighted by molar-refractivity contribution is 14.0. The van der Waals surface area contributed by atoms with Gasteiger partial charge in [-0.2, -0.15) is 0 Å². The van der Waals surface area contributed by atoms with E-state index < -0.39 is 0 Å². The van der Waals surface area contributed by atoms with Gasteiger partial charge in [-0.1, -0.05) is 0 Å². The van der Waals surface area contributed by atoms with E-state index in [1.165, 1.54) is 12.1 Å². The number of hydrogen-bond acceptors (Lipinski definition) is 4. The molecule has 7 nitrogen and oxygen atoms in total. The number of ether oxygens (including phenoxy) is 1. The molecule has 2 aliphatic rings. The van der Waals surface area contributed by atoms with E-state index in [1.807, 2.05) is 6.92 Å². The molecule has 2 N–H and O–H groups in total. The molecule has 9 heteroatoms. The van der Waals surface area contributed by atoms with Crippen molar-refractivity contribution in [2.45, 2.75) is 31.9 Å². The Morgan fingerprint density at radius 1 is 1.24 bits per heavy atom. The van der Waals surface area contributed by atoms with Gasteiger partial charge in [0.05, 0.1) is 13.1 Å². The first kappa shape index (κ1) is 23.7. The van der Waals surface area contributed by atoms with Gasteiger partial charge in [-0.15, -0.1) is 24.0 Å². The fourth-order valence-corrected chi connectivity index (χ4v) is 3.18. The monoisotopic (exact) mass is 519 g/mol. The largest absolute Gasteiger partial charge is 0.489 e. The molecule has 1 heterocycles. The molecule has 0 bridgehead atoms. The Labute approximate surface area is 189 Å². The molecule has 0 radical (unpaired) electrons. The molecule has 1 saturated carbocycles. The highest BCUT2D eigenvalue weighted by Gasteiger charge is 2.26. The lowest BCUT2D eigenvalue weighted by molar-refractivity contribution is -0.122. The third-order valence-corrected chi connectivity index (χ3v) is 4.89. The number of guanidine groups is 1. The van der Waals surface area contributed by atoms with Crippen LogP contribution in [0.1, 0.15) is 19.8 Å². The van der Waals surface area contributed by atoms with Crippen LogP contribution in [0.2, 0.25) is 0 Å². The molecule has 1 aromatic rings. The van der Waals surface area contributed by atoms with E-state index in [9.17, 15) is 9.18 Å². The van der Waals surface area contributed by atoms with Crippen LogP contribution in [0.5, 0.6) is 5.75 Å². The molecular formula is C20H31FIN5O2. The van der Waals surface area contributed by atoms with Crippen molar-refractivity contribution in [3.63, 3.8) is 0 Å². The molecular weight excluding hydrogens is 488 g/mol. The van der Waals surface area contributed by atoms with E-state index in [4.69, 9.17) is 4.74 Å². The second-order valence-corrected chi connectivity index (χ2v) is 7.42. The standard InChI is InChI=1S/C20H30FN5O2.HI/c1-15(28-18-7-3-16(21)4-8-18)13-23-20(22-2)26-11-9-25(10-12-26)14-19(27)24-17-5-6-17;/h3-4,7-8,15,17H,5-6,9-14H2,1-2H3,(H,22,23)(H,24,27);1H. The summed E-state index contributed by atoms with van der Waals surface area (Å²) in [7, 11) is 1.77. The van der Waals surface area contributed by atoms with E-state index in [1.54, 1.807) is 19.2 Å². The second kappa shape index (κ2) is 11.5. The highest BCUT2D eigenvalue weighted by atomic mass is 127. The van der Waals surface area contributed by atoms with Crippen molar-refractivity contribution >= 4 is 35.8 Å². The molecule has 1 aromatic carbocycles. The lowest BCUT2D eigenvalue weighted by Crippen LogP contribution is -2.54. The molecule has 1 atom stereocenters.